The van der Waals surface area contributed by atoms with Crippen LogP contribution in [0.1, 0.15) is 23.3 Å². The predicted molar refractivity (Wildman–Crippen MR) is 55.4 cm³/mol. The van der Waals surface area contributed by atoms with E-state index in [-0.39, 0.29) is 28.4 Å². The Morgan fingerprint density at radius 2 is 2.12 bits per heavy atom. The van der Waals surface area contributed by atoms with Gasteiger partial charge in [0.25, 0.3) is 0 Å². The normalized spacial score (nSPS) is 14.6. The second-order valence-corrected chi connectivity index (χ2v) is 3.90. The van der Waals surface area contributed by atoms with E-state index in [4.69, 9.17) is 16.7 Å². The van der Waals surface area contributed by atoms with Gasteiger partial charge in [-0.15, -0.1) is 10.2 Å². The lowest BCUT2D eigenvalue weighted by Gasteiger charge is -2.03. The summed E-state index contributed by atoms with van der Waals surface area (Å²) in [6.07, 6.45) is 1.75. The zero-order valence-electron chi connectivity index (χ0n) is 8.11. The van der Waals surface area contributed by atoms with Crippen LogP contribution in [0.15, 0.2) is 6.07 Å². The second kappa shape index (κ2) is 4.05. The van der Waals surface area contributed by atoms with Crippen LogP contribution in [0, 0.1) is 5.92 Å². The van der Waals surface area contributed by atoms with Crippen LogP contribution in [0.2, 0.25) is 5.02 Å². The summed E-state index contributed by atoms with van der Waals surface area (Å²) in [6, 6.07) is 1.28. The minimum absolute atomic E-state index is 0.0414. The number of hydrogen-bond donors (Lipinski definition) is 2. The number of carbonyl (C=O) groups excluding carboxylic acids is 1. The maximum absolute atomic E-state index is 11.4. The van der Waals surface area contributed by atoms with E-state index in [0.29, 0.717) is 0 Å². The van der Waals surface area contributed by atoms with Crippen LogP contribution in [0.3, 0.4) is 0 Å². The number of hydrogen-bond acceptors (Lipinski definition) is 4. The molecule has 1 aliphatic carbocycles. The molecule has 0 unspecified atom stereocenters. The van der Waals surface area contributed by atoms with Crippen molar-refractivity contribution >= 4 is 29.3 Å². The number of carboxylic acid groups (broad SMARTS) is 1. The molecule has 2 N–H and O–H groups in total. The van der Waals surface area contributed by atoms with Gasteiger partial charge in [-0.2, -0.15) is 0 Å². The third-order valence-corrected chi connectivity index (χ3v) is 2.44. The van der Waals surface area contributed by atoms with Crippen LogP contribution in [-0.4, -0.2) is 27.2 Å². The summed E-state index contributed by atoms with van der Waals surface area (Å²) in [5.74, 6) is -1.17. The average molecular weight is 242 g/mol. The molecular weight excluding hydrogens is 234 g/mol. The number of carboxylic acids is 1. The van der Waals surface area contributed by atoms with Crippen LogP contribution in [-0.2, 0) is 4.79 Å². The summed E-state index contributed by atoms with van der Waals surface area (Å²) < 4.78 is 0. The van der Waals surface area contributed by atoms with Crippen molar-refractivity contribution in [1.82, 2.24) is 10.2 Å². The van der Waals surface area contributed by atoms with Crippen molar-refractivity contribution in [2.24, 2.45) is 5.92 Å². The first-order valence-electron chi connectivity index (χ1n) is 4.65. The molecule has 6 nitrogen and oxygen atoms in total. The zero-order valence-corrected chi connectivity index (χ0v) is 8.86. The third kappa shape index (κ3) is 2.27. The van der Waals surface area contributed by atoms with Crippen LogP contribution >= 0.6 is 11.6 Å². The summed E-state index contributed by atoms with van der Waals surface area (Å²) in [5.41, 5.74) is -0.328. The first-order chi connectivity index (χ1) is 7.58. The Bertz CT molecular complexity index is 459. The van der Waals surface area contributed by atoms with Crippen molar-refractivity contribution in [1.29, 1.82) is 0 Å². The SMILES string of the molecule is O=C(O)c1nnc(NC(=O)C2CC2)cc1Cl. The van der Waals surface area contributed by atoms with Gasteiger partial charge in [0.2, 0.25) is 5.91 Å². The highest BCUT2D eigenvalue weighted by Gasteiger charge is 2.30. The highest BCUT2D eigenvalue weighted by atomic mass is 35.5. The molecule has 16 heavy (non-hydrogen) atoms. The van der Waals surface area contributed by atoms with E-state index in [1.54, 1.807) is 0 Å². The third-order valence-electron chi connectivity index (χ3n) is 2.15. The molecule has 0 aromatic carbocycles. The van der Waals surface area contributed by atoms with Gasteiger partial charge in [-0.3, -0.25) is 4.79 Å². The highest BCUT2D eigenvalue weighted by Crippen LogP contribution is 2.30. The number of anilines is 1. The quantitative estimate of drug-likeness (QED) is 0.829. The molecule has 1 aromatic heterocycles. The summed E-state index contributed by atoms with van der Waals surface area (Å²) in [6.45, 7) is 0. The number of amides is 1. The maximum atomic E-state index is 11.4. The van der Waals surface area contributed by atoms with Crippen LogP contribution < -0.4 is 5.32 Å². The van der Waals surface area contributed by atoms with Gasteiger partial charge >= 0.3 is 5.97 Å². The van der Waals surface area contributed by atoms with Gasteiger partial charge in [0.05, 0.1) is 5.02 Å². The molecule has 0 radical (unpaired) electrons. The van der Waals surface area contributed by atoms with Crippen molar-refractivity contribution in [3.05, 3.63) is 16.8 Å². The number of carbonyl (C=O) groups is 2. The Kier molecular flexibility index (Phi) is 2.74. The van der Waals surface area contributed by atoms with Gasteiger partial charge in [-0.25, -0.2) is 4.79 Å². The highest BCUT2D eigenvalue weighted by molar-refractivity contribution is 6.33. The van der Waals surface area contributed by atoms with Crippen molar-refractivity contribution in [2.75, 3.05) is 5.32 Å². The molecule has 1 saturated carbocycles. The van der Waals surface area contributed by atoms with Gasteiger partial charge in [-0.05, 0) is 12.8 Å². The molecule has 1 fully saturated rings. The molecule has 1 heterocycles. The van der Waals surface area contributed by atoms with Gasteiger partial charge in [0.15, 0.2) is 11.5 Å². The summed E-state index contributed by atoms with van der Waals surface area (Å²) in [5, 5.41) is 18.1. The molecule has 84 valence electrons. The minimum Gasteiger partial charge on any atom is -0.476 e. The van der Waals surface area contributed by atoms with Gasteiger partial charge < -0.3 is 10.4 Å². The van der Waals surface area contributed by atoms with E-state index in [9.17, 15) is 9.59 Å². The first kappa shape index (κ1) is 10.8. The summed E-state index contributed by atoms with van der Waals surface area (Å²) in [4.78, 5) is 22.0. The van der Waals surface area contributed by atoms with Crippen molar-refractivity contribution in [2.45, 2.75) is 12.8 Å². The Balaban J connectivity index is 2.14. The topological polar surface area (TPSA) is 92.2 Å². The second-order valence-electron chi connectivity index (χ2n) is 3.49. The van der Waals surface area contributed by atoms with E-state index < -0.39 is 5.97 Å². The van der Waals surface area contributed by atoms with Crippen molar-refractivity contribution in [3.63, 3.8) is 0 Å². The number of aromatic nitrogens is 2. The van der Waals surface area contributed by atoms with Crippen molar-refractivity contribution in [3.8, 4) is 0 Å². The minimum atomic E-state index is -1.25. The van der Waals surface area contributed by atoms with E-state index in [1.807, 2.05) is 0 Å². The van der Waals surface area contributed by atoms with E-state index >= 15 is 0 Å². The molecule has 0 atom stereocenters. The van der Waals surface area contributed by atoms with Gasteiger partial charge in [-0.1, -0.05) is 11.6 Å². The van der Waals surface area contributed by atoms with Crippen LogP contribution in [0.5, 0.6) is 0 Å². The summed E-state index contributed by atoms with van der Waals surface area (Å²) >= 11 is 5.67. The fourth-order valence-corrected chi connectivity index (χ4v) is 1.37. The lowest BCUT2D eigenvalue weighted by Crippen LogP contribution is -2.15. The Morgan fingerprint density at radius 3 is 2.62 bits per heavy atom. The number of nitrogens with zero attached hydrogens (tertiary/aromatic N) is 2. The molecule has 0 bridgehead atoms. The number of rotatable bonds is 3. The van der Waals surface area contributed by atoms with E-state index in [0.717, 1.165) is 12.8 Å². The van der Waals surface area contributed by atoms with Crippen molar-refractivity contribution < 1.29 is 14.7 Å². The Morgan fingerprint density at radius 1 is 1.44 bits per heavy atom. The fraction of sp³-hybridized carbons (Fsp3) is 0.333. The molecule has 1 aromatic rings. The monoisotopic (exact) mass is 241 g/mol. The molecule has 0 spiro atoms. The predicted octanol–water partition coefficient (Wildman–Crippen LogP) is 1.18. The zero-order chi connectivity index (χ0) is 11.7. The molecule has 0 aliphatic heterocycles. The lowest BCUT2D eigenvalue weighted by atomic mass is 10.3. The molecule has 0 saturated heterocycles. The molecule has 7 heteroatoms. The fourth-order valence-electron chi connectivity index (χ4n) is 1.15. The largest absolute Gasteiger partial charge is 0.476 e. The molecule has 1 aliphatic rings. The standard InChI is InChI=1S/C9H8ClN3O3/c10-5-3-6(11-8(14)4-1-2-4)12-13-7(5)9(15)16/h3-4H,1-2H2,(H,15,16)(H,11,12,14). The molecule has 1 amide bonds. The first-order valence-corrected chi connectivity index (χ1v) is 5.03. The smallest absolute Gasteiger partial charge is 0.357 e. The Hall–Kier alpha value is -1.69. The lowest BCUT2D eigenvalue weighted by molar-refractivity contribution is -0.117. The number of aromatic carboxylic acids is 1. The van der Waals surface area contributed by atoms with Crippen LogP contribution in [0.4, 0.5) is 5.82 Å². The average Bonchev–Trinajstić information content (AvgIpc) is 2.99. The molecular formula is C9H8ClN3O3. The maximum Gasteiger partial charge on any atom is 0.357 e. The van der Waals surface area contributed by atoms with Gasteiger partial charge in [0, 0.05) is 12.0 Å². The number of halogens is 1. The van der Waals surface area contributed by atoms with E-state index in [2.05, 4.69) is 15.5 Å². The number of nitrogens with one attached hydrogen (secondary N) is 1. The van der Waals surface area contributed by atoms with E-state index in [1.165, 1.54) is 6.07 Å². The van der Waals surface area contributed by atoms with Gasteiger partial charge in [0.1, 0.15) is 0 Å². The Labute approximate surface area is 95.6 Å². The van der Waals surface area contributed by atoms with Crippen LogP contribution in [0.25, 0.3) is 0 Å². The summed E-state index contributed by atoms with van der Waals surface area (Å²) in [7, 11) is 0. The molecule has 2 rings (SSSR count).